The summed E-state index contributed by atoms with van der Waals surface area (Å²) >= 11 is 0. The van der Waals surface area contributed by atoms with Crippen LogP contribution in [0.3, 0.4) is 0 Å². The first-order valence-corrected chi connectivity index (χ1v) is 24.1. The van der Waals surface area contributed by atoms with E-state index in [9.17, 15) is 0 Å². The zero-order valence-corrected chi connectivity index (χ0v) is 34.2. The van der Waals surface area contributed by atoms with Crippen molar-refractivity contribution in [2.24, 2.45) is 10.4 Å². The van der Waals surface area contributed by atoms with E-state index in [-0.39, 0.29) is 25.2 Å². The molecule has 1 aliphatic rings. The Kier molecular flexibility index (Phi) is 9.44. The first-order valence-electron chi connectivity index (χ1n) is 14.4. The van der Waals surface area contributed by atoms with Crippen molar-refractivity contribution in [1.29, 1.82) is 0 Å². The maximum Gasteiger partial charge on any atom is 0.369 e. The fraction of sp³-hybridized carbons (Fsp3) is 1.00. The second kappa shape index (κ2) is 9.90. The second-order valence-electron chi connectivity index (χ2n) is 18.8. The van der Waals surface area contributed by atoms with Gasteiger partial charge in [-0.15, -0.1) is 0 Å². The van der Waals surface area contributed by atoms with E-state index in [0.717, 1.165) is 0 Å². The zero-order chi connectivity index (χ0) is 31.0. The van der Waals surface area contributed by atoms with Crippen molar-refractivity contribution in [2.45, 2.75) is 181 Å². The lowest BCUT2D eigenvalue weighted by atomic mass is 10.2. The lowest BCUT2D eigenvalue weighted by molar-refractivity contribution is 0.414. The predicted molar refractivity (Wildman–Crippen MR) is 176 cm³/mol. The quantitative estimate of drug-likeness (QED) is 0.233. The Morgan fingerprint density at radius 2 is 0.737 bits per heavy atom. The van der Waals surface area contributed by atoms with Gasteiger partial charge in [0, 0.05) is 10.1 Å². The standard InChI is InChI=1S/C28H63FN4Si5/c1-22(2,3)34-38(35-23(4,5)6)32(36(24(7,8)9,25(10,11)12)26(13,14)15)30-31-33(38)37(29,27(16,17)18)28(19,20)21/h1-21H3. The van der Waals surface area contributed by atoms with Gasteiger partial charge < -0.3 is 4.34 Å². The molecule has 0 saturated carbocycles. The first-order chi connectivity index (χ1) is 16.1. The summed E-state index contributed by atoms with van der Waals surface area (Å²) in [6, 6.07) is 0. The molecule has 1 aliphatic heterocycles. The van der Waals surface area contributed by atoms with Gasteiger partial charge in [-0.05, 0) is 25.2 Å². The number of halogens is 1. The van der Waals surface area contributed by atoms with Crippen molar-refractivity contribution in [3.8, 4) is 0 Å². The SMILES string of the molecule is CC(C)(C)[Si][Si]1([Si]C(C)(C)C)N([Si](F)(C(C)(C)C)C(C)(C)C)N=NN1[Si](C(C)(C)C)(C(C)(C)C)C(C)(C)C. The number of nitrogens with zero attached hydrogens (tertiary/aromatic N) is 4. The van der Waals surface area contributed by atoms with E-state index < -0.39 is 34.3 Å². The first kappa shape index (κ1) is 36.2. The minimum absolute atomic E-state index is 0.00843. The fourth-order valence-electron chi connectivity index (χ4n) is 8.27. The second-order valence-corrected chi connectivity index (χ2v) is 43.6. The lowest BCUT2D eigenvalue weighted by Gasteiger charge is -2.66. The molecule has 0 unspecified atom stereocenters. The van der Waals surface area contributed by atoms with Crippen LogP contribution in [0.2, 0.25) is 35.3 Å². The van der Waals surface area contributed by atoms with Crippen LogP contribution in [0.1, 0.15) is 145 Å². The highest BCUT2D eigenvalue weighted by molar-refractivity contribution is 7.52. The molecule has 1 rings (SSSR count). The molecule has 0 amide bonds. The predicted octanol–water partition coefficient (Wildman–Crippen LogP) is 10.5. The number of rotatable bonds is 4. The Labute approximate surface area is 245 Å². The van der Waals surface area contributed by atoms with Gasteiger partial charge in [-0.2, -0.15) is 0 Å². The Hall–Kier alpha value is 0.214. The molecule has 0 aromatic rings. The Morgan fingerprint density at radius 1 is 0.474 bits per heavy atom. The third-order valence-electron chi connectivity index (χ3n) is 7.78. The van der Waals surface area contributed by atoms with Gasteiger partial charge in [0.05, 0.1) is 18.1 Å². The summed E-state index contributed by atoms with van der Waals surface area (Å²) in [4.78, 5) is 0. The van der Waals surface area contributed by atoms with Gasteiger partial charge in [-0.1, -0.05) is 156 Å². The van der Waals surface area contributed by atoms with Crippen LogP contribution in [-0.2, 0) is 0 Å². The zero-order valence-electron chi connectivity index (χ0n) is 29.2. The van der Waals surface area contributed by atoms with Gasteiger partial charge in [0.15, 0.2) is 8.24 Å². The van der Waals surface area contributed by atoms with Crippen molar-refractivity contribution in [3.05, 3.63) is 0 Å². The molecular formula is C28H63FN4Si5. The van der Waals surface area contributed by atoms with E-state index in [2.05, 4.69) is 154 Å². The smallest absolute Gasteiger partial charge is 0.315 e. The fourth-order valence-corrected chi connectivity index (χ4v) is 56.9. The van der Waals surface area contributed by atoms with Crippen molar-refractivity contribution in [2.75, 3.05) is 0 Å². The van der Waals surface area contributed by atoms with Crippen LogP contribution in [0.4, 0.5) is 4.11 Å². The van der Waals surface area contributed by atoms with E-state index in [1.807, 2.05) is 0 Å². The normalized spacial score (nSPS) is 19.0. The van der Waals surface area contributed by atoms with Crippen molar-refractivity contribution < 1.29 is 4.11 Å². The van der Waals surface area contributed by atoms with Crippen LogP contribution in [0, 0.1) is 0 Å². The molecule has 0 saturated heterocycles. The van der Waals surface area contributed by atoms with Gasteiger partial charge in [0.25, 0.3) is 0 Å². The molecule has 0 fully saturated rings. The Bertz CT molecular complexity index is 806. The highest BCUT2D eigenvalue weighted by Crippen LogP contribution is 2.67. The van der Waals surface area contributed by atoms with Gasteiger partial charge in [-0.25, -0.2) is 0 Å². The summed E-state index contributed by atoms with van der Waals surface area (Å²) in [6.45, 7) is 48.7. The van der Waals surface area contributed by atoms with E-state index in [4.69, 9.17) is 10.4 Å². The molecular weight excluding hydrogens is 552 g/mol. The highest BCUT2D eigenvalue weighted by Gasteiger charge is 2.76. The molecule has 0 aromatic carbocycles. The molecule has 1 heterocycles. The summed E-state index contributed by atoms with van der Waals surface area (Å²) in [5.41, 5.74) is 0. The van der Waals surface area contributed by atoms with Crippen LogP contribution in [0.15, 0.2) is 10.4 Å². The van der Waals surface area contributed by atoms with E-state index in [0.29, 0.717) is 18.1 Å². The van der Waals surface area contributed by atoms with Gasteiger partial charge in [0.1, 0.15) is 0 Å². The molecule has 4 nitrogen and oxygen atoms in total. The minimum atomic E-state index is -3.72. The Balaban J connectivity index is 4.53. The van der Waals surface area contributed by atoms with Crippen LogP contribution in [0.5, 0.6) is 0 Å². The van der Waals surface area contributed by atoms with E-state index in [1.165, 1.54) is 0 Å². The van der Waals surface area contributed by atoms with E-state index in [1.54, 1.807) is 0 Å². The molecule has 0 N–H and O–H groups in total. The molecule has 0 aliphatic carbocycles. The molecule has 0 atom stereocenters. The van der Waals surface area contributed by atoms with Crippen LogP contribution >= 0.6 is 0 Å². The maximum absolute atomic E-state index is 18.6. The summed E-state index contributed by atoms with van der Waals surface area (Å²) in [6.07, 6.45) is 0. The van der Waals surface area contributed by atoms with Crippen molar-refractivity contribution in [1.82, 2.24) is 8.68 Å². The van der Waals surface area contributed by atoms with E-state index >= 15 is 4.11 Å². The molecule has 38 heavy (non-hydrogen) atoms. The minimum Gasteiger partial charge on any atom is -0.315 e. The molecule has 0 bridgehead atoms. The average molecular weight is 615 g/mol. The molecule has 10 heteroatoms. The van der Waals surface area contributed by atoms with Crippen LogP contribution in [-0.4, -0.2) is 51.0 Å². The molecule has 0 aromatic heterocycles. The summed E-state index contributed by atoms with van der Waals surface area (Å²) in [5.74, 6) is 0. The van der Waals surface area contributed by atoms with Gasteiger partial charge in [0.2, 0.25) is 7.43 Å². The van der Waals surface area contributed by atoms with Crippen molar-refractivity contribution >= 4 is 42.3 Å². The summed E-state index contributed by atoms with van der Waals surface area (Å²) in [5, 5.41) is 9.47. The van der Waals surface area contributed by atoms with Crippen LogP contribution < -0.4 is 0 Å². The van der Waals surface area contributed by atoms with Crippen LogP contribution in [0.25, 0.3) is 0 Å². The van der Waals surface area contributed by atoms with Crippen molar-refractivity contribution in [3.63, 3.8) is 0 Å². The molecule has 0 spiro atoms. The summed E-state index contributed by atoms with van der Waals surface area (Å²) in [7, 11) is -7.97. The topological polar surface area (TPSA) is 31.2 Å². The summed E-state index contributed by atoms with van der Waals surface area (Å²) < 4.78 is 23.4. The van der Waals surface area contributed by atoms with Gasteiger partial charge in [-0.3, -0.25) is 8.45 Å². The Morgan fingerprint density at radius 3 is 0.947 bits per heavy atom. The molecule has 4 radical (unpaired) electrons. The highest BCUT2D eigenvalue weighted by atomic mass is 29.6. The monoisotopic (exact) mass is 614 g/mol. The maximum atomic E-state index is 18.6. The third-order valence-corrected chi connectivity index (χ3v) is 41.2. The number of hydrogen-bond donors (Lipinski definition) is 0. The average Bonchev–Trinajstić information content (AvgIpc) is 2.82. The number of hydrogen-bond acceptors (Lipinski definition) is 4. The van der Waals surface area contributed by atoms with Gasteiger partial charge >= 0.3 is 8.57 Å². The third kappa shape index (κ3) is 6.04. The lowest BCUT2D eigenvalue weighted by Crippen LogP contribution is -2.85. The molecule has 222 valence electrons. The largest absolute Gasteiger partial charge is 0.369 e.